The average Bonchev–Trinajstić information content (AvgIpc) is 2.51. The SMILES string of the molecule is C=C/C(C)=c1/ccnc2c1=C(N)C(=O)c1ccccc1-2. The van der Waals surface area contributed by atoms with Gasteiger partial charge in [0.25, 0.3) is 0 Å². The number of hydrogen-bond donors (Lipinski definition) is 1. The van der Waals surface area contributed by atoms with E-state index in [1.807, 2.05) is 31.2 Å². The van der Waals surface area contributed by atoms with Crippen LogP contribution in [0.2, 0.25) is 0 Å². The van der Waals surface area contributed by atoms with Gasteiger partial charge in [-0.1, -0.05) is 36.9 Å². The van der Waals surface area contributed by atoms with Crippen molar-refractivity contribution in [3.63, 3.8) is 0 Å². The third-order valence-corrected chi connectivity index (χ3v) is 3.62. The van der Waals surface area contributed by atoms with Crippen molar-refractivity contribution in [1.29, 1.82) is 0 Å². The molecule has 0 fully saturated rings. The van der Waals surface area contributed by atoms with E-state index in [4.69, 9.17) is 5.73 Å². The Labute approximate surface area is 116 Å². The second-order valence-electron chi connectivity index (χ2n) is 4.76. The van der Waals surface area contributed by atoms with Crippen LogP contribution in [0.4, 0.5) is 0 Å². The van der Waals surface area contributed by atoms with E-state index in [0.29, 0.717) is 10.8 Å². The van der Waals surface area contributed by atoms with E-state index in [1.165, 1.54) is 0 Å². The Morgan fingerprint density at radius 1 is 1.25 bits per heavy atom. The lowest BCUT2D eigenvalue weighted by Crippen LogP contribution is -2.39. The number of nitrogens with two attached hydrogens (primary N) is 1. The van der Waals surface area contributed by atoms with E-state index in [-0.39, 0.29) is 11.5 Å². The molecule has 3 heteroatoms. The Kier molecular flexibility index (Phi) is 2.75. The van der Waals surface area contributed by atoms with Gasteiger partial charge in [-0.2, -0.15) is 0 Å². The van der Waals surface area contributed by atoms with E-state index < -0.39 is 0 Å². The van der Waals surface area contributed by atoms with Crippen molar-refractivity contribution in [3.8, 4) is 11.3 Å². The molecule has 0 atom stereocenters. The third-order valence-electron chi connectivity index (χ3n) is 3.62. The molecule has 0 radical (unpaired) electrons. The van der Waals surface area contributed by atoms with E-state index in [2.05, 4.69) is 11.6 Å². The number of benzene rings is 1. The van der Waals surface area contributed by atoms with Crippen molar-refractivity contribution in [2.75, 3.05) is 0 Å². The Hall–Kier alpha value is -2.68. The fourth-order valence-corrected chi connectivity index (χ4v) is 2.52. The maximum Gasteiger partial charge on any atom is 0.210 e. The molecule has 98 valence electrons. The normalized spacial score (nSPS) is 14.4. The maximum absolute atomic E-state index is 12.4. The summed E-state index contributed by atoms with van der Waals surface area (Å²) in [5, 5.41) is 1.62. The number of nitrogens with zero attached hydrogens (tertiary/aromatic N) is 1. The van der Waals surface area contributed by atoms with Crippen LogP contribution >= 0.6 is 0 Å². The Morgan fingerprint density at radius 2 is 1.95 bits per heavy atom. The first kappa shape index (κ1) is 12.4. The predicted octanol–water partition coefficient (Wildman–Crippen LogP) is 1.37. The van der Waals surface area contributed by atoms with E-state index in [9.17, 15) is 4.79 Å². The fourth-order valence-electron chi connectivity index (χ4n) is 2.52. The molecule has 2 aromatic rings. The molecule has 0 aliphatic heterocycles. The zero-order valence-electron chi connectivity index (χ0n) is 11.2. The van der Waals surface area contributed by atoms with Crippen LogP contribution in [0, 0.1) is 0 Å². The van der Waals surface area contributed by atoms with Crippen LogP contribution in [0.25, 0.3) is 22.5 Å². The third kappa shape index (κ3) is 1.60. The van der Waals surface area contributed by atoms with Crippen molar-refractivity contribution < 1.29 is 4.79 Å². The van der Waals surface area contributed by atoms with Crippen LogP contribution in [0.15, 0.2) is 49.2 Å². The minimum Gasteiger partial charge on any atom is -0.395 e. The number of pyridine rings is 1. The van der Waals surface area contributed by atoms with Crippen molar-refractivity contribution in [3.05, 3.63) is 65.2 Å². The minimum absolute atomic E-state index is 0.140. The molecule has 0 spiro atoms. The molecule has 3 rings (SSSR count). The van der Waals surface area contributed by atoms with Crippen molar-refractivity contribution in [2.24, 2.45) is 5.73 Å². The summed E-state index contributed by atoms with van der Waals surface area (Å²) in [6.45, 7) is 5.73. The molecule has 1 aliphatic carbocycles. The number of Topliss-reactive ketones (excluding diaryl/α,β-unsaturated/α-hetero) is 1. The highest BCUT2D eigenvalue weighted by molar-refractivity contribution is 6.27. The summed E-state index contributed by atoms with van der Waals surface area (Å²) < 4.78 is 0. The summed E-state index contributed by atoms with van der Waals surface area (Å²) in [6.07, 6.45) is 3.49. The average molecular weight is 262 g/mol. The molecule has 0 amide bonds. The van der Waals surface area contributed by atoms with Gasteiger partial charge in [-0.05, 0) is 23.8 Å². The molecule has 2 N–H and O–H groups in total. The molecule has 0 bridgehead atoms. The maximum atomic E-state index is 12.4. The number of aromatic nitrogens is 1. The van der Waals surface area contributed by atoms with Crippen molar-refractivity contribution in [1.82, 2.24) is 4.98 Å². The van der Waals surface area contributed by atoms with Gasteiger partial charge in [-0.25, -0.2) is 0 Å². The number of ketones is 1. The first-order valence-electron chi connectivity index (χ1n) is 6.37. The van der Waals surface area contributed by atoms with Gasteiger partial charge in [0.2, 0.25) is 5.78 Å². The van der Waals surface area contributed by atoms with Crippen molar-refractivity contribution >= 4 is 17.1 Å². The quantitative estimate of drug-likeness (QED) is 0.844. The second kappa shape index (κ2) is 4.46. The number of fused-ring (bicyclic) bond motifs is 3. The van der Waals surface area contributed by atoms with Gasteiger partial charge in [-0.15, -0.1) is 0 Å². The first-order chi connectivity index (χ1) is 9.65. The highest BCUT2D eigenvalue weighted by Crippen LogP contribution is 2.23. The van der Waals surface area contributed by atoms with Crippen LogP contribution < -0.4 is 16.2 Å². The molecule has 3 nitrogen and oxygen atoms in total. The largest absolute Gasteiger partial charge is 0.395 e. The molecule has 0 saturated heterocycles. The molecule has 0 unspecified atom stereocenters. The number of hydrogen-bond acceptors (Lipinski definition) is 3. The van der Waals surface area contributed by atoms with Crippen LogP contribution in [0.1, 0.15) is 17.3 Å². The summed E-state index contributed by atoms with van der Waals surface area (Å²) in [7, 11) is 0. The van der Waals surface area contributed by atoms with Crippen molar-refractivity contribution in [2.45, 2.75) is 6.92 Å². The van der Waals surface area contributed by atoms with Gasteiger partial charge in [0.15, 0.2) is 0 Å². The summed E-state index contributed by atoms with van der Waals surface area (Å²) in [5.41, 5.74) is 9.51. The van der Waals surface area contributed by atoms with Gasteiger partial charge >= 0.3 is 0 Å². The second-order valence-corrected chi connectivity index (χ2v) is 4.76. The predicted molar refractivity (Wildman–Crippen MR) is 80.1 cm³/mol. The Balaban J connectivity index is 2.59. The monoisotopic (exact) mass is 262 g/mol. The summed E-state index contributed by atoms with van der Waals surface area (Å²) in [4.78, 5) is 16.8. The van der Waals surface area contributed by atoms with Crippen LogP contribution in [0.5, 0.6) is 0 Å². The Bertz CT molecular complexity index is 863. The first-order valence-corrected chi connectivity index (χ1v) is 6.37. The minimum atomic E-state index is -0.140. The van der Waals surface area contributed by atoms with Gasteiger partial charge in [0.1, 0.15) is 0 Å². The topological polar surface area (TPSA) is 56.0 Å². The van der Waals surface area contributed by atoms with E-state index in [0.717, 1.165) is 22.0 Å². The molecule has 20 heavy (non-hydrogen) atoms. The molecule has 1 aromatic carbocycles. The molecular formula is C17H14N2O. The lowest BCUT2D eigenvalue weighted by Gasteiger charge is -2.16. The zero-order chi connectivity index (χ0) is 14.3. The van der Waals surface area contributed by atoms with Gasteiger partial charge in [0, 0.05) is 22.5 Å². The summed E-state index contributed by atoms with van der Waals surface area (Å²) in [5.74, 6) is -0.140. The highest BCUT2D eigenvalue weighted by atomic mass is 16.1. The fraction of sp³-hybridized carbons (Fsp3) is 0.0588. The Morgan fingerprint density at radius 3 is 2.65 bits per heavy atom. The number of rotatable bonds is 1. The smallest absolute Gasteiger partial charge is 0.210 e. The summed E-state index contributed by atoms with van der Waals surface area (Å²) in [6, 6.07) is 9.28. The van der Waals surface area contributed by atoms with Crippen LogP contribution in [0.3, 0.4) is 0 Å². The summed E-state index contributed by atoms with van der Waals surface area (Å²) >= 11 is 0. The lowest BCUT2D eigenvalue weighted by molar-refractivity contribution is 0.105. The van der Waals surface area contributed by atoms with Gasteiger partial charge in [-0.3, -0.25) is 9.78 Å². The van der Waals surface area contributed by atoms with E-state index >= 15 is 0 Å². The standard InChI is InChI=1S/C17H14N2O/c1-3-10(2)11-8-9-19-16-12-6-4-5-7-13(12)17(20)15(18)14(11)16/h3-9H,1,18H2,2H3/b11-10-. The van der Waals surface area contributed by atoms with Gasteiger partial charge < -0.3 is 5.73 Å². The van der Waals surface area contributed by atoms with Gasteiger partial charge in [0.05, 0.1) is 11.4 Å². The lowest BCUT2D eigenvalue weighted by atomic mass is 9.90. The molecule has 1 aromatic heterocycles. The molecule has 1 aliphatic rings. The molecule has 0 saturated carbocycles. The van der Waals surface area contributed by atoms with Crippen LogP contribution in [-0.4, -0.2) is 10.8 Å². The van der Waals surface area contributed by atoms with Crippen LogP contribution in [-0.2, 0) is 0 Å². The highest BCUT2D eigenvalue weighted by Gasteiger charge is 2.23. The zero-order valence-corrected chi connectivity index (χ0v) is 11.2. The molecule has 1 heterocycles. The number of carbonyl (C=O) groups excluding carboxylic acids is 1. The number of carbonyl (C=O) groups is 1. The number of allylic oxidation sites excluding steroid dienone is 1. The molecular weight excluding hydrogens is 248 g/mol. The van der Waals surface area contributed by atoms with E-state index in [1.54, 1.807) is 18.3 Å².